The Kier molecular flexibility index (Phi) is 5.95. The van der Waals surface area contributed by atoms with Crippen LogP contribution in [0.1, 0.15) is 32.2 Å². The second kappa shape index (κ2) is 9.24. The highest BCUT2D eigenvalue weighted by atomic mass is 35.5. The number of aromatic hydroxyl groups is 1. The number of aromatic amines is 1. The van der Waals surface area contributed by atoms with Crippen LogP contribution in [0.5, 0.6) is 5.75 Å². The SMILES string of the molecule is Cc1cc(O)c(-c2cc(C(=O)Nc3c(C(=O)Nc4cccc(Cl)c4)oc4ccccc34)[nH]n2)cc1C. The van der Waals surface area contributed by atoms with E-state index in [-0.39, 0.29) is 22.9 Å². The fraction of sp³-hybridized carbons (Fsp3) is 0.0741. The predicted octanol–water partition coefficient (Wildman–Crippen LogP) is 6.30. The molecule has 0 unspecified atom stereocenters. The molecule has 0 saturated carbocycles. The number of aryl methyl sites for hydroxylation is 2. The number of hydrogen-bond acceptors (Lipinski definition) is 5. The first-order valence-corrected chi connectivity index (χ1v) is 11.4. The number of H-pyrrole nitrogens is 1. The molecule has 0 fully saturated rings. The summed E-state index contributed by atoms with van der Waals surface area (Å²) >= 11 is 6.02. The lowest BCUT2D eigenvalue weighted by Gasteiger charge is -2.07. The Morgan fingerprint density at radius 2 is 1.72 bits per heavy atom. The van der Waals surface area contributed by atoms with E-state index in [0.717, 1.165) is 11.1 Å². The third-order valence-electron chi connectivity index (χ3n) is 5.83. The molecule has 9 heteroatoms. The van der Waals surface area contributed by atoms with Gasteiger partial charge in [-0.3, -0.25) is 14.7 Å². The van der Waals surface area contributed by atoms with Crippen molar-refractivity contribution >= 4 is 45.8 Å². The molecule has 0 spiro atoms. The van der Waals surface area contributed by atoms with Gasteiger partial charge >= 0.3 is 0 Å². The molecule has 0 saturated heterocycles. The van der Waals surface area contributed by atoms with E-state index < -0.39 is 11.8 Å². The van der Waals surface area contributed by atoms with E-state index in [1.165, 1.54) is 6.07 Å². The molecular formula is C27H21ClN4O4. The first-order valence-electron chi connectivity index (χ1n) is 11.1. The van der Waals surface area contributed by atoms with Crippen LogP contribution >= 0.6 is 11.6 Å². The molecule has 180 valence electrons. The van der Waals surface area contributed by atoms with Crippen molar-refractivity contribution in [3.05, 3.63) is 94.3 Å². The Morgan fingerprint density at radius 3 is 2.53 bits per heavy atom. The van der Waals surface area contributed by atoms with Gasteiger partial charge in [-0.1, -0.05) is 29.8 Å². The molecule has 3 aromatic carbocycles. The maximum atomic E-state index is 13.1. The largest absolute Gasteiger partial charge is 0.507 e. The highest BCUT2D eigenvalue weighted by Crippen LogP contribution is 2.33. The van der Waals surface area contributed by atoms with Gasteiger partial charge in [0.1, 0.15) is 22.7 Å². The molecule has 5 aromatic rings. The van der Waals surface area contributed by atoms with Gasteiger partial charge in [0.15, 0.2) is 0 Å². The minimum atomic E-state index is -0.547. The van der Waals surface area contributed by atoms with E-state index >= 15 is 0 Å². The van der Waals surface area contributed by atoms with Crippen molar-refractivity contribution in [3.63, 3.8) is 0 Å². The number of carbonyl (C=O) groups excluding carboxylic acids is 2. The lowest BCUT2D eigenvalue weighted by molar-refractivity contribution is 0.0999. The number of phenols is 1. The van der Waals surface area contributed by atoms with Gasteiger partial charge in [0.2, 0.25) is 5.76 Å². The molecule has 0 aliphatic carbocycles. The normalized spacial score (nSPS) is 11.0. The van der Waals surface area contributed by atoms with Crippen molar-refractivity contribution in [1.29, 1.82) is 0 Å². The van der Waals surface area contributed by atoms with Crippen molar-refractivity contribution in [3.8, 4) is 17.0 Å². The van der Waals surface area contributed by atoms with Crippen LogP contribution in [0.15, 0.2) is 71.1 Å². The van der Waals surface area contributed by atoms with Gasteiger partial charge in [-0.25, -0.2) is 0 Å². The topological polar surface area (TPSA) is 120 Å². The van der Waals surface area contributed by atoms with Gasteiger partial charge in [-0.15, -0.1) is 0 Å². The smallest absolute Gasteiger partial charge is 0.293 e. The van der Waals surface area contributed by atoms with E-state index in [1.807, 2.05) is 19.9 Å². The summed E-state index contributed by atoms with van der Waals surface area (Å²) in [4.78, 5) is 26.2. The maximum absolute atomic E-state index is 13.1. The van der Waals surface area contributed by atoms with Gasteiger partial charge in [-0.05, 0) is 73.5 Å². The predicted molar refractivity (Wildman–Crippen MR) is 139 cm³/mol. The lowest BCUT2D eigenvalue weighted by Crippen LogP contribution is -2.17. The number of amides is 2. The van der Waals surface area contributed by atoms with E-state index in [4.69, 9.17) is 16.0 Å². The number of halogens is 1. The Hall–Kier alpha value is -4.56. The summed E-state index contributed by atoms with van der Waals surface area (Å²) in [6.07, 6.45) is 0. The van der Waals surface area contributed by atoms with E-state index in [0.29, 0.717) is 32.9 Å². The van der Waals surface area contributed by atoms with Crippen LogP contribution in [0.2, 0.25) is 5.02 Å². The number of fused-ring (bicyclic) bond motifs is 1. The number of benzene rings is 3. The third kappa shape index (κ3) is 4.42. The number of nitrogens with one attached hydrogen (secondary N) is 3. The third-order valence-corrected chi connectivity index (χ3v) is 6.07. The molecule has 2 amide bonds. The Morgan fingerprint density at radius 1 is 0.944 bits per heavy atom. The minimum Gasteiger partial charge on any atom is -0.507 e. The molecule has 0 atom stereocenters. The zero-order valence-corrected chi connectivity index (χ0v) is 20.1. The zero-order valence-electron chi connectivity index (χ0n) is 19.3. The van der Waals surface area contributed by atoms with Crippen molar-refractivity contribution in [2.45, 2.75) is 13.8 Å². The van der Waals surface area contributed by atoms with Crippen LogP contribution in [0, 0.1) is 13.8 Å². The monoisotopic (exact) mass is 500 g/mol. The summed E-state index contributed by atoms with van der Waals surface area (Å²) in [5, 5.41) is 23.8. The second-order valence-corrected chi connectivity index (χ2v) is 8.78. The number of furan rings is 1. The molecule has 0 bridgehead atoms. The molecule has 36 heavy (non-hydrogen) atoms. The molecule has 0 radical (unpaired) electrons. The van der Waals surface area contributed by atoms with Crippen molar-refractivity contribution in [2.24, 2.45) is 0 Å². The van der Waals surface area contributed by atoms with Crippen LogP contribution in [-0.2, 0) is 0 Å². The number of phenolic OH excluding ortho intramolecular Hbond substituents is 1. The summed E-state index contributed by atoms with van der Waals surface area (Å²) in [6.45, 7) is 3.83. The van der Waals surface area contributed by atoms with Crippen LogP contribution < -0.4 is 10.6 Å². The van der Waals surface area contributed by atoms with Crippen LogP contribution in [0.3, 0.4) is 0 Å². The number of rotatable bonds is 5. The van der Waals surface area contributed by atoms with E-state index in [1.54, 1.807) is 54.6 Å². The Balaban J connectivity index is 1.46. The summed E-state index contributed by atoms with van der Waals surface area (Å²) < 4.78 is 5.80. The molecule has 2 aromatic heterocycles. The summed E-state index contributed by atoms with van der Waals surface area (Å²) in [7, 11) is 0. The maximum Gasteiger partial charge on any atom is 0.293 e. The number of nitrogens with zero attached hydrogens (tertiary/aromatic N) is 1. The second-order valence-electron chi connectivity index (χ2n) is 8.34. The van der Waals surface area contributed by atoms with Crippen LogP contribution in [0.25, 0.3) is 22.2 Å². The Labute approximate surface area is 210 Å². The highest BCUT2D eigenvalue weighted by Gasteiger charge is 2.24. The number of para-hydroxylation sites is 1. The van der Waals surface area contributed by atoms with Gasteiger partial charge in [0.05, 0.1) is 5.69 Å². The summed E-state index contributed by atoms with van der Waals surface area (Å²) in [6, 6.07) is 18.7. The molecular weight excluding hydrogens is 480 g/mol. The van der Waals surface area contributed by atoms with Gasteiger partial charge in [0.25, 0.3) is 11.8 Å². The average molecular weight is 501 g/mol. The van der Waals surface area contributed by atoms with Crippen molar-refractivity contribution < 1.29 is 19.1 Å². The van der Waals surface area contributed by atoms with Crippen molar-refractivity contribution in [2.75, 3.05) is 10.6 Å². The van der Waals surface area contributed by atoms with E-state index in [9.17, 15) is 14.7 Å². The molecule has 0 aliphatic rings. The number of carbonyl (C=O) groups is 2. The molecule has 5 rings (SSSR count). The molecule has 8 nitrogen and oxygen atoms in total. The molecule has 2 heterocycles. The van der Waals surface area contributed by atoms with E-state index in [2.05, 4.69) is 20.8 Å². The first-order chi connectivity index (χ1) is 17.3. The number of hydrogen-bond donors (Lipinski definition) is 4. The van der Waals surface area contributed by atoms with Crippen LogP contribution in [0.4, 0.5) is 11.4 Å². The van der Waals surface area contributed by atoms with Crippen molar-refractivity contribution in [1.82, 2.24) is 10.2 Å². The standard InChI is InChI=1S/C27H21ClN4O4/c1-14-10-19(22(33)11-15(14)2)20-13-21(32-31-20)26(34)30-24-18-8-3-4-9-23(18)36-25(24)27(35)29-17-7-5-6-16(28)12-17/h3-13,33H,1-2H3,(H,29,35)(H,30,34)(H,31,32). The fourth-order valence-electron chi connectivity index (χ4n) is 3.85. The zero-order chi connectivity index (χ0) is 25.4. The summed E-state index contributed by atoms with van der Waals surface area (Å²) in [5.74, 6) is -1.07. The average Bonchev–Trinajstić information content (AvgIpc) is 3.47. The Bertz CT molecular complexity index is 1640. The molecule has 0 aliphatic heterocycles. The minimum absolute atomic E-state index is 0.0592. The molecule has 4 N–H and O–H groups in total. The van der Waals surface area contributed by atoms with Gasteiger partial charge in [-0.2, -0.15) is 5.10 Å². The fourth-order valence-corrected chi connectivity index (χ4v) is 4.04. The summed E-state index contributed by atoms with van der Waals surface area (Å²) in [5.41, 5.74) is 4.14. The van der Waals surface area contributed by atoms with Crippen LogP contribution in [-0.4, -0.2) is 27.1 Å². The van der Waals surface area contributed by atoms with Gasteiger partial charge < -0.3 is 20.2 Å². The van der Waals surface area contributed by atoms with Gasteiger partial charge in [0, 0.05) is 21.7 Å². The number of anilines is 2. The number of aromatic nitrogens is 2. The highest BCUT2D eigenvalue weighted by molar-refractivity contribution is 6.31. The lowest BCUT2D eigenvalue weighted by atomic mass is 10.0. The first kappa shape index (κ1) is 23.2. The quantitative estimate of drug-likeness (QED) is 0.225.